The van der Waals surface area contributed by atoms with E-state index in [9.17, 15) is 9.59 Å². The van der Waals surface area contributed by atoms with Gasteiger partial charge < -0.3 is 10.2 Å². The Morgan fingerprint density at radius 3 is 2.00 bits per heavy atom. The summed E-state index contributed by atoms with van der Waals surface area (Å²) in [5.41, 5.74) is 0. The van der Waals surface area contributed by atoms with Crippen molar-refractivity contribution < 1.29 is 19.8 Å². The zero-order valence-electron chi connectivity index (χ0n) is 7.04. The maximum atomic E-state index is 10.6. The molecule has 0 aliphatic rings. The lowest BCUT2D eigenvalue weighted by atomic mass is 10.0. The predicted molar refractivity (Wildman–Crippen MR) is 52.9 cm³/mol. The van der Waals surface area contributed by atoms with Gasteiger partial charge in [0.2, 0.25) is 0 Å². The van der Waals surface area contributed by atoms with E-state index in [4.69, 9.17) is 45.0 Å². The summed E-state index contributed by atoms with van der Waals surface area (Å²) in [6.45, 7) is 0. The molecule has 1 unspecified atom stereocenters. The Morgan fingerprint density at radius 2 is 1.71 bits per heavy atom. The highest BCUT2D eigenvalue weighted by atomic mass is 35.6. The van der Waals surface area contributed by atoms with Crippen LogP contribution in [0.15, 0.2) is 0 Å². The Hall–Kier alpha value is -0.190. The first-order valence-corrected chi connectivity index (χ1v) is 4.87. The number of carboxylic acid groups (broad SMARTS) is 2. The third kappa shape index (κ3) is 7.24. The molecule has 0 saturated carbocycles. The highest BCUT2D eigenvalue weighted by Gasteiger charge is 2.30. The lowest BCUT2D eigenvalue weighted by Gasteiger charge is -2.16. The second-order valence-corrected chi connectivity index (χ2v) is 5.30. The number of carboxylic acids is 2. The van der Waals surface area contributed by atoms with Gasteiger partial charge in [0.05, 0.1) is 5.92 Å². The van der Waals surface area contributed by atoms with E-state index >= 15 is 0 Å². The molecule has 0 bridgehead atoms. The van der Waals surface area contributed by atoms with Crippen LogP contribution in [0.4, 0.5) is 0 Å². The van der Waals surface area contributed by atoms with Crippen LogP contribution >= 0.6 is 34.8 Å². The SMILES string of the molecule is O=C(O)CCC(CC(Cl)(Cl)Cl)C(=O)O. The minimum Gasteiger partial charge on any atom is -0.481 e. The number of hydrogen-bond donors (Lipinski definition) is 2. The molecule has 0 aliphatic carbocycles. The van der Waals surface area contributed by atoms with Crippen molar-refractivity contribution in [3.8, 4) is 0 Å². The zero-order valence-corrected chi connectivity index (χ0v) is 9.31. The average molecular weight is 264 g/mol. The summed E-state index contributed by atoms with van der Waals surface area (Å²) in [5, 5.41) is 17.0. The fourth-order valence-corrected chi connectivity index (χ4v) is 1.45. The monoisotopic (exact) mass is 262 g/mol. The van der Waals surface area contributed by atoms with Gasteiger partial charge in [-0.05, 0) is 6.42 Å². The molecule has 0 radical (unpaired) electrons. The molecule has 0 rings (SSSR count). The number of hydrogen-bond acceptors (Lipinski definition) is 2. The Kier molecular flexibility index (Phi) is 5.56. The third-order valence-electron chi connectivity index (χ3n) is 1.53. The van der Waals surface area contributed by atoms with E-state index in [0.717, 1.165) is 0 Å². The molecule has 0 aromatic rings. The topological polar surface area (TPSA) is 74.6 Å². The van der Waals surface area contributed by atoms with E-state index in [2.05, 4.69) is 0 Å². The van der Waals surface area contributed by atoms with Crippen LogP contribution < -0.4 is 0 Å². The fraction of sp³-hybridized carbons (Fsp3) is 0.714. The second kappa shape index (κ2) is 5.63. The van der Waals surface area contributed by atoms with Gasteiger partial charge in [0.15, 0.2) is 3.79 Å². The first kappa shape index (κ1) is 13.8. The molecule has 0 aromatic carbocycles. The van der Waals surface area contributed by atoms with Crippen LogP contribution in [0.2, 0.25) is 0 Å². The van der Waals surface area contributed by atoms with E-state index < -0.39 is 21.6 Å². The molecule has 4 nitrogen and oxygen atoms in total. The normalized spacial score (nSPS) is 13.6. The summed E-state index contributed by atoms with van der Waals surface area (Å²) >= 11 is 16.2. The molecule has 2 N–H and O–H groups in total. The summed E-state index contributed by atoms with van der Waals surface area (Å²) in [4.78, 5) is 20.8. The molecule has 1 atom stereocenters. The lowest BCUT2D eigenvalue weighted by Crippen LogP contribution is -2.21. The third-order valence-corrected chi connectivity index (χ3v) is 2.00. The molecule has 14 heavy (non-hydrogen) atoms. The Balaban J connectivity index is 4.17. The van der Waals surface area contributed by atoms with Crippen molar-refractivity contribution in [3.05, 3.63) is 0 Å². The van der Waals surface area contributed by atoms with E-state index in [1.807, 2.05) is 0 Å². The predicted octanol–water partition coefficient (Wildman–Crippen LogP) is 2.31. The van der Waals surface area contributed by atoms with Crippen molar-refractivity contribution in [2.75, 3.05) is 0 Å². The zero-order chi connectivity index (χ0) is 11.4. The standard InChI is InChI=1S/C7H9Cl3O4/c8-7(9,10)3-4(6(13)14)1-2-5(11)12/h4H,1-3H2,(H,11,12)(H,13,14). The van der Waals surface area contributed by atoms with Gasteiger partial charge in [0.1, 0.15) is 0 Å². The van der Waals surface area contributed by atoms with Crippen LogP contribution in [0.25, 0.3) is 0 Å². The van der Waals surface area contributed by atoms with Crippen molar-refractivity contribution in [1.82, 2.24) is 0 Å². The number of halogens is 3. The summed E-state index contributed by atoms with van der Waals surface area (Å²) in [6.07, 6.45) is -0.490. The van der Waals surface area contributed by atoms with Crippen molar-refractivity contribution in [1.29, 1.82) is 0 Å². The molecule has 0 spiro atoms. The Labute approximate surface area is 95.8 Å². The summed E-state index contributed by atoms with van der Waals surface area (Å²) < 4.78 is -1.67. The van der Waals surface area contributed by atoms with Crippen LogP contribution in [0.5, 0.6) is 0 Å². The van der Waals surface area contributed by atoms with Crippen LogP contribution in [-0.2, 0) is 9.59 Å². The summed E-state index contributed by atoms with van der Waals surface area (Å²) in [7, 11) is 0. The number of rotatable bonds is 5. The average Bonchev–Trinajstić information content (AvgIpc) is 1.94. The van der Waals surface area contributed by atoms with Gasteiger partial charge in [0.25, 0.3) is 0 Å². The van der Waals surface area contributed by atoms with Gasteiger partial charge in [0, 0.05) is 12.8 Å². The molecule has 82 valence electrons. The second-order valence-electron chi connectivity index (χ2n) is 2.79. The Bertz CT molecular complexity index is 223. The van der Waals surface area contributed by atoms with E-state index in [1.54, 1.807) is 0 Å². The lowest BCUT2D eigenvalue weighted by molar-refractivity contribution is -0.143. The van der Waals surface area contributed by atoms with Crippen LogP contribution in [-0.4, -0.2) is 25.9 Å². The van der Waals surface area contributed by atoms with E-state index in [1.165, 1.54) is 0 Å². The molecule has 0 saturated heterocycles. The minimum absolute atomic E-state index is 0.0431. The van der Waals surface area contributed by atoms with Gasteiger partial charge in [-0.3, -0.25) is 9.59 Å². The smallest absolute Gasteiger partial charge is 0.306 e. The van der Waals surface area contributed by atoms with Gasteiger partial charge >= 0.3 is 11.9 Å². The molecule has 0 heterocycles. The molecule has 0 amide bonds. The van der Waals surface area contributed by atoms with Gasteiger partial charge in [-0.15, -0.1) is 0 Å². The minimum atomic E-state index is -1.67. The van der Waals surface area contributed by atoms with Crippen molar-refractivity contribution in [2.45, 2.75) is 23.1 Å². The number of aliphatic carboxylic acids is 2. The van der Waals surface area contributed by atoms with Gasteiger partial charge in [-0.25, -0.2) is 0 Å². The van der Waals surface area contributed by atoms with Crippen molar-refractivity contribution >= 4 is 46.7 Å². The van der Waals surface area contributed by atoms with Gasteiger partial charge in [-0.2, -0.15) is 0 Å². The highest BCUT2D eigenvalue weighted by Crippen LogP contribution is 2.34. The van der Waals surface area contributed by atoms with Crippen molar-refractivity contribution in [2.24, 2.45) is 5.92 Å². The number of alkyl halides is 3. The molecule has 0 fully saturated rings. The summed E-state index contributed by atoms with van der Waals surface area (Å²) in [6, 6.07) is 0. The first-order valence-electron chi connectivity index (χ1n) is 3.73. The quantitative estimate of drug-likeness (QED) is 0.747. The first-order chi connectivity index (χ1) is 6.22. The maximum Gasteiger partial charge on any atom is 0.306 e. The van der Waals surface area contributed by atoms with Crippen LogP contribution in [0, 0.1) is 5.92 Å². The van der Waals surface area contributed by atoms with E-state index in [0.29, 0.717) is 0 Å². The molecular formula is C7H9Cl3O4. The van der Waals surface area contributed by atoms with Crippen LogP contribution in [0.3, 0.4) is 0 Å². The van der Waals surface area contributed by atoms with Crippen molar-refractivity contribution in [3.63, 3.8) is 0 Å². The van der Waals surface area contributed by atoms with Gasteiger partial charge in [-0.1, -0.05) is 34.8 Å². The molecular weight excluding hydrogens is 254 g/mol. The molecule has 0 aliphatic heterocycles. The largest absolute Gasteiger partial charge is 0.481 e. The molecule has 0 aromatic heterocycles. The van der Waals surface area contributed by atoms with E-state index in [-0.39, 0.29) is 19.3 Å². The fourth-order valence-electron chi connectivity index (χ4n) is 0.890. The number of carbonyl (C=O) groups is 2. The molecule has 7 heteroatoms. The Morgan fingerprint density at radius 1 is 1.21 bits per heavy atom. The summed E-state index contributed by atoms with van der Waals surface area (Å²) in [5.74, 6) is -3.17. The van der Waals surface area contributed by atoms with Crippen LogP contribution in [0.1, 0.15) is 19.3 Å². The highest BCUT2D eigenvalue weighted by molar-refractivity contribution is 6.67. The maximum absolute atomic E-state index is 10.6.